The molecule has 116 valence electrons. The molecular weight excluding hydrogens is 264 g/mol. The summed E-state index contributed by atoms with van der Waals surface area (Å²) in [5, 5.41) is 4.37. The summed E-state index contributed by atoms with van der Waals surface area (Å²) in [6.45, 7) is 7.79. The molecule has 0 bridgehead atoms. The summed E-state index contributed by atoms with van der Waals surface area (Å²) in [4.78, 5) is 17.4. The molecule has 0 atom stereocenters. The Kier molecular flexibility index (Phi) is 4.02. The summed E-state index contributed by atoms with van der Waals surface area (Å²) in [6.07, 6.45) is 5.14. The third-order valence-electron chi connectivity index (χ3n) is 5.13. The zero-order valence-electron chi connectivity index (χ0n) is 13.4. The van der Waals surface area contributed by atoms with E-state index in [0.29, 0.717) is 0 Å². The first-order valence-electron chi connectivity index (χ1n) is 8.11. The molecule has 0 radical (unpaired) electrons. The van der Waals surface area contributed by atoms with Crippen molar-refractivity contribution in [1.29, 1.82) is 0 Å². The average molecular weight is 290 g/mol. The molecule has 1 saturated carbocycles. The van der Waals surface area contributed by atoms with Crippen LogP contribution < -0.4 is 0 Å². The van der Waals surface area contributed by atoms with E-state index in [-0.39, 0.29) is 5.91 Å². The molecule has 2 heterocycles. The quantitative estimate of drug-likeness (QED) is 0.833. The number of aromatic nitrogens is 2. The van der Waals surface area contributed by atoms with Gasteiger partial charge in [-0.3, -0.25) is 14.4 Å². The topological polar surface area (TPSA) is 41.4 Å². The Labute approximate surface area is 126 Å². The van der Waals surface area contributed by atoms with Gasteiger partial charge in [0.2, 0.25) is 0 Å². The Morgan fingerprint density at radius 1 is 1.10 bits per heavy atom. The van der Waals surface area contributed by atoms with Crippen LogP contribution in [0.15, 0.2) is 0 Å². The van der Waals surface area contributed by atoms with Crippen molar-refractivity contribution in [2.45, 2.75) is 45.6 Å². The van der Waals surface area contributed by atoms with E-state index >= 15 is 0 Å². The van der Waals surface area contributed by atoms with Gasteiger partial charge in [0.25, 0.3) is 5.91 Å². The van der Waals surface area contributed by atoms with Crippen LogP contribution in [0.25, 0.3) is 0 Å². The normalized spacial score (nSPS) is 21.2. The average Bonchev–Trinajstić information content (AvgIpc) is 2.57. The maximum atomic E-state index is 12.8. The van der Waals surface area contributed by atoms with E-state index in [0.717, 1.165) is 55.6 Å². The van der Waals surface area contributed by atoms with Gasteiger partial charge in [0.05, 0.1) is 11.3 Å². The SMILES string of the molecule is Cc1nn(C)c(C)c1C(=O)N1CCCN(C2CCC2)CC1. The molecule has 2 fully saturated rings. The molecule has 1 aromatic rings. The van der Waals surface area contributed by atoms with E-state index in [9.17, 15) is 4.79 Å². The van der Waals surface area contributed by atoms with Crippen LogP contribution in [0.3, 0.4) is 0 Å². The molecule has 0 N–H and O–H groups in total. The number of rotatable bonds is 2. The molecule has 2 aliphatic rings. The van der Waals surface area contributed by atoms with Gasteiger partial charge < -0.3 is 4.90 Å². The van der Waals surface area contributed by atoms with E-state index in [1.807, 2.05) is 25.8 Å². The van der Waals surface area contributed by atoms with Crippen molar-refractivity contribution in [1.82, 2.24) is 19.6 Å². The number of hydrogen-bond acceptors (Lipinski definition) is 3. The molecule has 1 aliphatic heterocycles. The van der Waals surface area contributed by atoms with Crippen molar-refractivity contribution in [3.05, 3.63) is 17.0 Å². The Hall–Kier alpha value is -1.36. The molecule has 5 nitrogen and oxygen atoms in total. The van der Waals surface area contributed by atoms with E-state index in [4.69, 9.17) is 0 Å². The zero-order chi connectivity index (χ0) is 15.0. The van der Waals surface area contributed by atoms with Gasteiger partial charge in [0.15, 0.2) is 0 Å². The molecule has 1 saturated heterocycles. The second-order valence-electron chi connectivity index (χ2n) is 6.44. The highest BCUT2D eigenvalue weighted by molar-refractivity contribution is 5.96. The highest BCUT2D eigenvalue weighted by Gasteiger charge is 2.29. The number of carbonyl (C=O) groups is 1. The maximum Gasteiger partial charge on any atom is 0.257 e. The minimum atomic E-state index is 0.161. The second kappa shape index (κ2) is 5.79. The van der Waals surface area contributed by atoms with Crippen LogP contribution in [-0.2, 0) is 7.05 Å². The molecular formula is C16H26N4O. The second-order valence-corrected chi connectivity index (χ2v) is 6.44. The van der Waals surface area contributed by atoms with Gasteiger partial charge in [0, 0.05) is 45.0 Å². The number of amides is 1. The largest absolute Gasteiger partial charge is 0.337 e. The molecule has 0 spiro atoms. The van der Waals surface area contributed by atoms with Crippen molar-refractivity contribution in [2.75, 3.05) is 26.2 Å². The molecule has 1 amide bonds. The first kappa shape index (κ1) is 14.6. The lowest BCUT2D eigenvalue weighted by Crippen LogP contribution is -2.42. The van der Waals surface area contributed by atoms with Crippen LogP contribution in [0.5, 0.6) is 0 Å². The summed E-state index contributed by atoms with van der Waals surface area (Å²) >= 11 is 0. The van der Waals surface area contributed by atoms with Gasteiger partial charge in [-0.1, -0.05) is 6.42 Å². The molecule has 1 aromatic heterocycles. The van der Waals surface area contributed by atoms with Crippen LogP contribution in [0, 0.1) is 13.8 Å². The van der Waals surface area contributed by atoms with Crippen molar-refractivity contribution < 1.29 is 4.79 Å². The van der Waals surface area contributed by atoms with Crippen LogP contribution in [-0.4, -0.2) is 57.7 Å². The Morgan fingerprint density at radius 2 is 1.86 bits per heavy atom. The summed E-state index contributed by atoms with van der Waals surface area (Å²) in [6, 6.07) is 0.780. The first-order chi connectivity index (χ1) is 10.1. The van der Waals surface area contributed by atoms with Crippen LogP contribution in [0.1, 0.15) is 47.4 Å². The summed E-state index contributed by atoms with van der Waals surface area (Å²) < 4.78 is 1.81. The van der Waals surface area contributed by atoms with E-state index < -0.39 is 0 Å². The Balaban J connectivity index is 1.70. The summed E-state index contributed by atoms with van der Waals surface area (Å²) in [5.74, 6) is 0.161. The monoisotopic (exact) mass is 290 g/mol. The van der Waals surface area contributed by atoms with Crippen molar-refractivity contribution >= 4 is 5.91 Å². The molecule has 0 unspecified atom stereocenters. The molecule has 1 aliphatic carbocycles. The van der Waals surface area contributed by atoms with Gasteiger partial charge >= 0.3 is 0 Å². The van der Waals surface area contributed by atoms with Crippen molar-refractivity contribution in [3.8, 4) is 0 Å². The molecule has 21 heavy (non-hydrogen) atoms. The summed E-state index contributed by atoms with van der Waals surface area (Å²) in [7, 11) is 1.90. The van der Waals surface area contributed by atoms with E-state index in [1.165, 1.54) is 19.3 Å². The third-order valence-corrected chi connectivity index (χ3v) is 5.13. The Bertz CT molecular complexity index is 533. The zero-order valence-corrected chi connectivity index (χ0v) is 13.4. The van der Waals surface area contributed by atoms with Crippen LogP contribution >= 0.6 is 0 Å². The highest BCUT2D eigenvalue weighted by Crippen LogP contribution is 2.26. The van der Waals surface area contributed by atoms with E-state index in [2.05, 4.69) is 10.00 Å². The minimum absolute atomic E-state index is 0.161. The van der Waals surface area contributed by atoms with Gasteiger partial charge in [-0.2, -0.15) is 5.10 Å². The highest BCUT2D eigenvalue weighted by atomic mass is 16.2. The smallest absolute Gasteiger partial charge is 0.257 e. The number of nitrogens with zero attached hydrogens (tertiary/aromatic N) is 4. The number of hydrogen-bond donors (Lipinski definition) is 0. The fourth-order valence-corrected chi connectivity index (χ4v) is 3.50. The van der Waals surface area contributed by atoms with Gasteiger partial charge in [-0.25, -0.2) is 0 Å². The minimum Gasteiger partial charge on any atom is -0.337 e. The fraction of sp³-hybridized carbons (Fsp3) is 0.750. The maximum absolute atomic E-state index is 12.8. The molecule has 5 heteroatoms. The van der Waals surface area contributed by atoms with Crippen LogP contribution in [0.4, 0.5) is 0 Å². The lowest BCUT2D eigenvalue weighted by molar-refractivity contribution is 0.0748. The number of carbonyl (C=O) groups excluding carboxylic acids is 1. The lowest BCUT2D eigenvalue weighted by Gasteiger charge is -2.36. The standard InChI is InChI=1S/C16H26N4O/c1-12-15(13(2)18(3)17-12)16(21)20-9-5-8-19(10-11-20)14-6-4-7-14/h14H,4-11H2,1-3H3. The Morgan fingerprint density at radius 3 is 2.43 bits per heavy atom. The third kappa shape index (κ3) is 2.71. The van der Waals surface area contributed by atoms with Gasteiger partial charge in [-0.05, 0) is 33.1 Å². The van der Waals surface area contributed by atoms with Gasteiger partial charge in [0.1, 0.15) is 0 Å². The van der Waals surface area contributed by atoms with Crippen molar-refractivity contribution in [2.24, 2.45) is 7.05 Å². The van der Waals surface area contributed by atoms with Gasteiger partial charge in [-0.15, -0.1) is 0 Å². The van der Waals surface area contributed by atoms with Crippen molar-refractivity contribution in [3.63, 3.8) is 0 Å². The fourth-order valence-electron chi connectivity index (χ4n) is 3.50. The van der Waals surface area contributed by atoms with Crippen LogP contribution in [0.2, 0.25) is 0 Å². The molecule has 0 aromatic carbocycles. The predicted octanol–water partition coefficient (Wildman–Crippen LogP) is 1.74. The molecule has 3 rings (SSSR count). The first-order valence-corrected chi connectivity index (χ1v) is 8.11. The lowest BCUT2D eigenvalue weighted by atomic mass is 9.91. The summed E-state index contributed by atoms with van der Waals surface area (Å²) in [5.41, 5.74) is 2.62. The number of aryl methyl sites for hydroxylation is 2. The van der Waals surface area contributed by atoms with E-state index in [1.54, 1.807) is 4.68 Å². The predicted molar refractivity (Wildman–Crippen MR) is 82.4 cm³/mol.